The lowest BCUT2D eigenvalue weighted by Crippen LogP contribution is -2.07. The first-order valence-corrected chi connectivity index (χ1v) is 13.0. The molecule has 2 aromatic heterocycles. The SMILES string of the molecule is Cc1ccc(Nc2nc(N/N=C\c3ccc(-c4ccc(Cl)c(Cl)c4)o3)nc(Nc3ccc([N+](=O)[O-])cc3)n2)cc1C. The molecule has 0 aliphatic carbocycles. The Bertz CT molecular complexity index is 1760. The van der Waals surface area contributed by atoms with Crippen molar-refractivity contribution in [3.63, 3.8) is 0 Å². The minimum absolute atomic E-state index is 0.0276. The van der Waals surface area contributed by atoms with Crippen LogP contribution in [0.15, 0.2) is 82.3 Å². The van der Waals surface area contributed by atoms with Gasteiger partial charge in [0.25, 0.3) is 5.69 Å². The lowest BCUT2D eigenvalue weighted by atomic mass is 10.1. The molecule has 206 valence electrons. The summed E-state index contributed by atoms with van der Waals surface area (Å²) >= 11 is 12.1. The molecule has 0 aliphatic heterocycles. The number of aryl methyl sites for hydroxylation is 2. The number of anilines is 5. The van der Waals surface area contributed by atoms with Crippen LogP contribution in [0.5, 0.6) is 0 Å². The van der Waals surface area contributed by atoms with E-state index in [1.807, 2.05) is 32.0 Å². The van der Waals surface area contributed by atoms with Crippen molar-refractivity contribution < 1.29 is 9.34 Å². The number of rotatable bonds is 9. The Morgan fingerprint density at radius 2 is 1.49 bits per heavy atom. The van der Waals surface area contributed by atoms with Crippen LogP contribution in [-0.2, 0) is 0 Å². The monoisotopic (exact) mass is 588 g/mol. The number of benzene rings is 3. The molecule has 11 nitrogen and oxygen atoms in total. The summed E-state index contributed by atoms with van der Waals surface area (Å²) in [7, 11) is 0. The number of furan rings is 1. The van der Waals surface area contributed by atoms with Gasteiger partial charge in [0.2, 0.25) is 17.8 Å². The van der Waals surface area contributed by atoms with E-state index >= 15 is 0 Å². The number of nitrogens with zero attached hydrogens (tertiary/aromatic N) is 5. The quantitative estimate of drug-likeness (QED) is 0.0888. The van der Waals surface area contributed by atoms with E-state index in [-0.39, 0.29) is 23.5 Å². The second-order valence-electron chi connectivity index (χ2n) is 8.86. The molecular weight excluding hydrogens is 567 g/mol. The van der Waals surface area contributed by atoms with Gasteiger partial charge in [-0.15, -0.1) is 0 Å². The van der Waals surface area contributed by atoms with Gasteiger partial charge in [-0.25, -0.2) is 5.43 Å². The summed E-state index contributed by atoms with van der Waals surface area (Å²) in [6.45, 7) is 4.04. The Hall–Kier alpha value is -5.00. The summed E-state index contributed by atoms with van der Waals surface area (Å²) in [4.78, 5) is 23.7. The van der Waals surface area contributed by atoms with Crippen LogP contribution >= 0.6 is 23.2 Å². The van der Waals surface area contributed by atoms with Gasteiger partial charge in [0.1, 0.15) is 11.5 Å². The molecule has 0 amide bonds. The van der Waals surface area contributed by atoms with E-state index in [1.165, 1.54) is 18.3 Å². The summed E-state index contributed by atoms with van der Waals surface area (Å²) in [5, 5.41) is 22.3. The number of halogens is 2. The smallest absolute Gasteiger partial charge is 0.269 e. The first kappa shape index (κ1) is 27.6. The van der Waals surface area contributed by atoms with Crippen LogP contribution in [0.3, 0.4) is 0 Å². The van der Waals surface area contributed by atoms with Crippen LogP contribution in [0, 0.1) is 24.0 Å². The molecule has 5 aromatic rings. The maximum Gasteiger partial charge on any atom is 0.269 e. The largest absolute Gasteiger partial charge is 0.455 e. The number of nitro groups is 1. The standard InChI is InChI=1S/C28H22Cl2N8O3/c1-16-3-5-20(13-17(16)2)33-27-34-26(32-19-6-8-21(9-7-19)38(39)40)35-28(36-27)37-31-15-22-10-12-25(41-22)18-4-11-23(29)24(30)14-18/h3-15H,1-2H3,(H3,32,33,34,35,36,37)/b31-15-. The number of aromatic nitrogens is 3. The van der Waals surface area contributed by atoms with Gasteiger partial charge in [0, 0.05) is 29.1 Å². The molecule has 0 fully saturated rings. The number of hydrogen-bond donors (Lipinski definition) is 3. The topological polar surface area (TPSA) is 143 Å². The van der Waals surface area contributed by atoms with Gasteiger partial charge in [-0.1, -0.05) is 29.3 Å². The Morgan fingerprint density at radius 1 is 0.805 bits per heavy atom. The first-order chi connectivity index (χ1) is 19.7. The van der Waals surface area contributed by atoms with E-state index in [2.05, 4.69) is 36.1 Å². The molecule has 0 radical (unpaired) electrons. The summed E-state index contributed by atoms with van der Waals surface area (Å²) in [6, 6.07) is 20.6. The van der Waals surface area contributed by atoms with Crippen molar-refractivity contribution in [2.45, 2.75) is 13.8 Å². The molecule has 5 rings (SSSR count). The fraction of sp³-hybridized carbons (Fsp3) is 0.0714. The molecule has 0 atom stereocenters. The third-order valence-electron chi connectivity index (χ3n) is 5.92. The zero-order chi connectivity index (χ0) is 28.9. The lowest BCUT2D eigenvalue weighted by Gasteiger charge is -2.11. The summed E-state index contributed by atoms with van der Waals surface area (Å²) < 4.78 is 5.84. The van der Waals surface area contributed by atoms with E-state index in [0.29, 0.717) is 27.3 Å². The van der Waals surface area contributed by atoms with E-state index in [0.717, 1.165) is 22.4 Å². The number of hydrogen-bond acceptors (Lipinski definition) is 10. The van der Waals surface area contributed by atoms with E-state index in [1.54, 1.807) is 42.5 Å². The predicted octanol–water partition coefficient (Wildman–Crippen LogP) is 7.90. The van der Waals surface area contributed by atoms with Crippen molar-refractivity contribution in [3.05, 3.63) is 110 Å². The molecular formula is C28H22Cl2N8O3. The minimum Gasteiger partial charge on any atom is -0.455 e. The Balaban J connectivity index is 1.37. The van der Waals surface area contributed by atoms with Crippen molar-refractivity contribution >= 4 is 64.3 Å². The van der Waals surface area contributed by atoms with Crippen molar-refractivity contribution in [2.24, 2.45) is 5.10 Å². The maximum atomic E-state index is 11.0. The van der Waals surface area contributed by atoms with Crippen molar-refractivity contribution in [3.8, 4) is 11.3 Å². The highest BCUT2D eigenvalue weighted by molar-refractivity contribution is 6.42. The molecule has 0 saturated carbocycles. The molecule has 0 aliphatic rings. The van der Waals surface area contributed by atoms with Gasteiger partial charge < -0.3 is 15.1 Å². The van der Waals surface area contributed by atoms with E-state index in [9.17, 15) is 10.1 Å². The first-order valence-electron chi connectivity index (χ1n) is 12.2. The van der Waals surface area contributed by atoms with Crippen LogP contribution in [0.4, 0.5) is 34.9 Å². The average Bonchev–Trinajstić information content (AvgIpc) is 3.41. The molecule has 0 unspecified atom stereocenters. The van der Waals surface area contributed by atoms with Crippen molar-refractivity contribution in [1.29, 1.82) is 0 Å². The van der Waals surface area contributed by atoms with Crippen LogP contribution < -0.4 is 16.1 Å². The van der Waals surface area contributed by atoms with E-state index in [4.69, 9.17) is 27.6 Å². The summed E-state index contributed by atoms with van der Waals surface area (Å²) in [5.41, 5.74) is 7.15. The van der Waals surface area contributed by atoms with Gasteiger partial charge in [-0.05, 0) is 79.6 Å². The molecule has 3 N–H and O–H groups in total. The number of nitro benzene ring substituents is 1. The van der Waals surface area contributed by atoms with Gasteiger partial charge >= 0.3 is 0 Å². The molecule has 41 heavy (non-hydrogen) atoms. The maximum absolute atomic E-state index is 11.0. The van der Waals surface area contributed by atoms with Gasteiger partial charge in [0.05, 0.1) is 21.2 Å². The Kier molecular flexibility index (Phi) is 8.09. The molecule has 2 heterocycles. The fourth-order valence-corrected chi connectivity index (χ4v) is 3.96. The molecule has 0 spiro atoms. The van der Waals surface area contributed by atoms with Crippen LogP contribution in [0.1, 0.15) is 16.9 Å². The summed E-state index contributed by atoms with van der Waals surface area (Å²) in [5.74, 6) is 1.66. The van der Waals surface area contributed by atoms with Gasteiger partial charge in [-0.3, -0.25) is 10.1 Å². The molecule has 13 heteroatoms. The Morgan fingerprint density at radius 3 is 2.17 bits per heavy atom. The number of nitrogens with one attached hydrogen (secondary N) is 3. The third-order valence-corrected chi connectivity index (χ3v) is 6.66. The predicted molar refractivity (Wildman–Crippen MR) is 161 cm³/mol. The zero-order valence-electron chi connectivity index (χ0n) is 21.7. The van der Waals surface area contributed by atoms with Crippen molar-refractivity contribution in [2.75, 3.05) is 16.1 Å². The van der Waals surface area contributed by atoms with Crippen molar-refractivity contribution in [1.82, 2.24) is 15.0 Å². The minimum atomic E-state index is -0.467. The molecule has 3 aromatic carbocycles. The van der Waals surface area contributed by atoms with Crippen LogP contribution in [0.2, 0.25) is 10.0 Å². The Labute approximate surface area is 244 Å². The molecule has 0 bridgehead atoms. The molecule has 0 saturated heterocycles. The third kappa shape index (κ3) is 6.96. The highest BCUT2D eigenvalue weighted by Gasteiger charge is 2.11. The van der Waals surface area contributed by atoms with Crippen LogP contribution in [-0.4, -0.2) is 26.1 Å². The second-order valence-corrected chi connectivity index (χ2v) is 9.67. The summed E-state index contributed by atoms with van der Waals surface area (Å²) in [6.07, 6.45) is 1.48. The number of non-ortho nitro benzene ring substituents is 1. The second kappa shape index (κ2) is 12.0. The van der Waals surface area contributed by atoms with Gasteiger partial charge in [0.15, 0.2) is 0 Å². The lowest BCUT2D eigenvalue weighted by molar-refractivity contribution is -0.384. The fourth-order valence-electron chi connectivity index (χ4n) is 3.66. The van der Waals surface area contributed by atoms with Crippen LogP contribution in [0.25, 0.3) is 11.3 Å². The average molecular weight is 589 g/mol. The zero-order valence-corrected chi connectivity index (χ0v) is 23.2. The highest BCUT2D eigenvalue weighted by atomic mass is 35.5. The van der Waals surface area contributed by atoms with Gasteiger partial charge in [-0.2, -0.15) is 20.1 Å². The number of hydrazone groups is 1. The highest BCUT2D eigenvalue weighted by Crippen LogP contribution is 2.29. The normalized spacial score (nSPS) is 11.0. The van der Waals surface area contributed by atoms with E-state index < -0.39 is 4.92 Å².